The largest absolute Gasteiger partial charge is 0.481 e. The summed E-state index contributed by atoms with van der Waals surface area (Å²) < 4.78 is 0. The first-order chi connectivity index (χ1) is 7.93. The van der Waals surface area contributed by atoms with Crippen molar-refractivity contribution in [3.05, 3.63) is 34.9 Å². The van der Waals surface area contributed by atoms with E-state index in [9.17, 15) is 4.79 Å². The Bertz CT molecular complexity index is 381. The highest BCUT2D eigenvalue weighted by Gasteiger charge is 2.19. The fourth-order valence-corrected chi connectivity index (χ4v) is 2.16. The molecule has 1 aromatic rings. The first-order valence-corrected chi connectivity index (χ1v) is 5.95. The molecule has 0 aliphatic carbocycles. The van der Waals surface area contributed by atoms with Gasteiger partial charge in [0.1, 0.15) is 0 Å². The Balaban J connectivity index is 2.81. The first-order valence-electron chi connectivity index (χ1n) is 5.95. The molecule has 0 aromatic heterocycles. The van der Waals surface area contributed by atoms with E-state index < -0.39 is 11.9 Å². The lowest BCUT2D eigenvalue weighted by Gasteiger charge is -2.17. The van der Waals surface area contributed by atoms with Crippen LogP contribution in [0.1, 0.15) is 36.0 Å². The van der Waals surface area contributed by atoms with Crippen LogP contribution in [0.25, 0.3) is 0 Å². The van der Waals surface area contributed by atoms with E-state index in [2.05, 4.69) is 39.0 Å². The average molecular weight is 235 g/mol. The van der Waals surface area contributed by atoms with E-state index in [1.807, 2.05) is 0 Å². The Morgan fingerprint density at radius 1 is 1.29 bits per heavy atom. The normalized spacial score (nSPS) is 14.4. The minimum absolute atomic E-state index is 0.199. The second-order valence-electron chi connectivity index (χ2n) is 4.83. The van der Waals surface area contributed by atoms with E-state index in [1.54, 1.807) is 0 Å². The minimum Gasteiger partial charge on any atom is -0.481 e. The number of hydrogen-bond acceptors (Lipinski definition) is 2. The van der Waals surface area contributed by atoms with Crippen LogP contribution in [0.4, 0.5) is 0 Å². The number of rotatable bonds is 5. The van der Waals surface area contributed by atoms with E-state index in [0.29, 0.717) is 6.42 Å². The summed E-state index contributed by atoms with van der Waals surface area (Å²) in [5.74, 6) is -1.03. The summed E-state index contributed by atoms with van der Waals surface area (Å²) in [6.45, 7) is 6.37. The molecule has 0 bridgehead atoms. The zero-order valence-electron chi connectivity index (χ0n) is 10.7. The zero-order chi connectivity index (χ0) is 13.0. The van der Waals surface area contributed by atoms with Crippen LogP contribution in [0.3, 0.4) is 0 Å². The molecule has 3 nitrogen and oxygen atoms in total. The Kier molecular flexibility index (Phi) is 4.70. The Morgan fingerprint density at radius 2 is 1.82 bits per heavy atom. The van der Waals surface area contributed by atoms with Gasteiger partial charge in [0.2, 0.25) is 0 Å². The van der Waals surface area contributed by atoms with Crippen LogP contribution in [0.15, 0.2) is 18.2 Å². The molecule has 0 radical (unpaired) electrons. The number of carboxylic acid groups (broad SMARTS) is 1. The molecule has 0 spiro atoms. The lowest BCUT2D eigenvalue weighted by atomic mass is 9.89. The molecule has 0 aliphatic heterocycles. The molecule has 0 heterocycles. The molecule has 1 aromatic carbocycles. The molecule has 3 heteroatoms. The Labute approximate surface area is 103 Å². The Morgan fingerprint density at radius 3 is 2.24 bits per heavy atom. The average Bonchev–Trinajstić information content (AvgIpc) is 2.23. The third-order valence-electron chi connectivity index (χ3n) is 3.08. The molecular weight excluding hydrogens is 214 g/mol. The maximum absolute atomic E-state index is 11.0. The fraction of sp³-hybridized carbons (Fsp3) is 0.500. The van der Waals surface area contributed by atoms with Gasteiger partial charge in [-0.3, -0.25) is 4.79 Å². The number of nitrogens with two attached hydrogens (primary N) is 1. The summed E-state index contributed by atoms with van der Waals surface area (Å²) in [5, 5.41) is 9.00. The van der Waals surface area contributed by atoms with Crippen LogP contribution < -0.4 is 5.73 Å². The maximum atomic E-state index is 11.0. The lowest BCUT2D eigenvalue weighted by Crippen LogP contribution is -2.24. The van der Waals surface area contributed by atoms with Crippen molar-refractivity contribution in [3.63, 3.8) is 0 Å². The van der Waals surface area contributed by atoms with Crippen LogP contribution in [0.2, 0.25) is 0 Å². The standard InChI is InChI=1S/C14H21NO2/c1-9-4-10(2)6-12(5-9)11(3)7-13(8-15)14(16)17/h4-6,11,13H,7-8,15H2,1-3H3,(H,16,17). The lowest BCUT2D eigenvalue weighted by molar-refractivity contribution is -0.141. The highest BCUT2D eigenvalue weighted by molar-refractivity contribution is 5.70. The third-order valence-corrected chi connectivity index (χ3v) is 3.08. The Hall–Kier alpha value is -1.35. The van der Waals surface area contributed by atoms with Gasteiger partial charge in [-0.15, -0.1) is 0 Å². The molecule has 2 unspecified atom stereocenters. The molecule has 0 saturated carbocycles. The summed E-state index contributed by atoms with van der Waals surface area (Å²) in [6.07, 6.45) is 0.592. The molecule has 17 heavy (non-hydrogen) atoms. The van der Waals surface area contributed by atoms with Crippen molar-refractivity contribution in [3.8, 4) is 0 Å². The smallest absolute Gasteiger partial charge is 0.307 e. The number of carboxylic acids is 1. The summed E-state index contributed by atoms with van der Waals surface area (Å²) in [6, 6.07) is 6.36. The molecule has 94 valence electrons. The van der Waals surface area contributed by atoms with E-state index in [1.165, 1.54) is 16.7 Å². The van der Waals surface area contributed by atoms with Crippen molar-refractivity contribution in [2.75, 3.05) is 6.54 Å². The van der Waals surface area contributed by atoms with Gasteiger partial charge in [-0.2, -0.15) is 0 Å². The van der Waals surface area contributed by atoms with E-state index in [4.69, 9.17) is 10.8 Å². The van der Waals surface area contributed by atoms with Gasteiger partial charge in [-0.25, -0.2) is 0 Å². The topological polar surface area (TPSA) is 63.3 Å². The number of carbonyl (C=O) groups is 1. The van der Waals surface area contributed by atoms with Crippen LogP contribution in [0, 0.1) is 19.8 Å². The van der Waals surface area contributed by atoms with Gasteiger partial charge in [0, 0.05) is 6.54 Å². The molecule has 3 N–H and O–H groups in total. The first kappa shape index (κ1) is 13.7. The van der Waals surface area contributed by atoms with Crippen molar-refractivity contribution in [1.29, 1.82) is 0 Å². The van der Waals surface area contributed by atoms with E-state index >= 15 is 0 Å². The highest BCUT2D eigenvalue weighted by Crippen LogP contribution is 2.25. The summed E-state index contributed by atoms with van der Waals surface area (Å²) >= 11 is 0. The number of aryl methyl sites for hydroxylation is 2. The van der Waals surface area contributed by atoms with Crippen molar-refractivity contribution >= 4 is 5.97 Å². The summed E-state index contributed by atoms with van der Waals surface area (Å²) in [7, 11) is 0. The van der Waals surface area contributed by atoms with Gasteiger partial charge in [0.15, 0.2) is 0 Å². The van der Waals surface area contributed by atoms with Crippen molar-refractivity contribution in [1.82, 2.24) is 0 Å². The van der Waals surface area contributed by atoms with Crippen molar-refractivity contribution in [2.45, 2.75) is 33.1 Å². The van der Waals surface area contributed by atoms with Crippen LogP contribution in [-0.2, 0) is 4.79 Å². The fourth-order valence-electron chi connectivity index (χ4n) is 2.16. The third kappa shape index (κ3) is 3.86. The maximum Gasteiger partial charge on any atom is 0.307 e. The molecule has 1 rings (SSSR count). The van der Waals surface area contributed by atoms with Gasteiger partial charge in [-0.1, -0.05) is 36.2 Å². The number of aliphatic carboxylic acids is 1. The SMILES string of the molecule is Cc1cc(C)cc(C(C)CC(CN)C(=O)O)c1. The number of hydrogen-bond donors (Lipinski definition) is 2. The molecule has 0 aliphatic rings. The van der Waals surface area contributed by atoms with Crippen LogP contribution in [-0.4, -0.2) is 17.6 Å². The summed E-state index contributed by atoms with van der Waals surface area (Å²) in [5.41, 5.74) is 9.10. The van der Waals surface area contributed by atoms with Crippen molar-refractivity contribution < 1.29 is 9.90 Å². The zero-order valence-corrected chi connectivity index (χ0v) is 10.7. The molecule has 0 amide bonds. The minimum atomic E-state index is -0.802. The van der Waals surface area contributed by atoms with Crippen LogP contribution >= 0.6 is 0 Å². The predicted octanol–water partition coefficient (Wildman–Crippen LogP) is 2.46. The highest BCUT2D eigenvalue weighted by atomic mass is 16.4. The monoisotopic (exact) mass is 235 g/mol. The predicted molar refractivity (Wildman–Crippen MR) is 69.1 cm³/mol. The van der Waals surface area contributed by atoms with Crippen molar-refractivity contribution in [2.24, 2.45) is 11.7 Å². The van der Waals surface area contributed by atoms with Crippen LogP contribution in [0.5, 0.6) is 0 Å². The molecule has 0 saturated heterocycles. The van der Waals surface area contributed by atoms with Gasteiger partial charge >= 0.3 is 5.97 Å². The van der Waals surface area contributed by atoms with Gasteiger partial charge in [-0.05, 0) is 31.7 Å². The van der Waals surface area contributed by atoms with Gasteiger partial charge in [0.25, 0.3) is 0 Å². The molecule has 2 atom stereocenters. The second kappa shape index (κ2) is 5.82. The van der Waals surface area contributed by atoms with Gasteiger partial charge < -0.3 is 10.8 Å². The number of benzene rings is 1. The quantitative estimate of drug-likeness (QED) is 0.824. The molecule has 0 fully saturated rings. The molecular formula is C14H21NO2. The van der Waals surface area contributed by atoms with Gasteiger partial charge in [0.05, 0.1) is 5.92 Å². The summed E-state index contributed by atoms with van der Waals surface area (Å²) in [4.78, 5) is 11.0. The van der Waals surface area contributed by atoms with E-state index in [-0.39, 0.29) is 12.5 Å². The second-order valence-corrected chi connectivity index (χ2v) is 4.83. The van der Waals surface area contributed by atoms with E-state index in [0.717, 1.165) is 0 Å².